The minimum atomic E-state index is -0.705. The smallest absolute Gasteiger partial charge is 0.317 e. The third-order valence-corrected chi connectivity index (χ3v) is 2.82. The van der Waals surface area contributed by atoms with Crippen LogP contribution >= 0.6 is 0 Å². The van der Waals surface area contributed by atoms with Crippen LogP contribution in [0, 0.1) is 5.41 Å². The molecule has 0 aliphatic heterocycles. The fourth-order valence-electron chi connectivity index (χ4n) is 1.86. The molecular weight excluding hydrogens is 182 g/mol. The van der Waals surface area contributed by atoms with Crippen molar-refractivity contribution in [2.45, 2.75) is 39.5 Å². The van der Waals surface area contributed by atoms with E-state index in [0.717, 1.165) is 12.8 Å². The van der Waals surface area contributed by atoms with Crippen molar-refractivity contribution < 1.29 is 14.7 Å². The van der Waals surface area contributed by atoms with Gasteiger partial charge >= 0.3 is 5.97 Å². The van der Waals surface area contributed by atoms with Gasteiger partial charge in [-0.3, -0.25) is 4.79 Å². The number of oxime groups is 1. The van der Waals surface area contributed by atoms with Crippen LogP contribution in [0.4, 0.5) is 0 Å². The Morgan fingerprint density at radius 1 is 1.64 bits per heavy atom. The number of nitrogens with zero attached hydrogens (tertiary/aromatic N) is 1. The van der Waals surface area contributed by atoms with E-state index in [1.165, 1.54) is 0 Å². The van der Waals surface area contributed by atoms with Crippen LogP contribution in [0.25, 0.3) is 0 Å². The molecule has 1 saturated carbocycles. The minimum Gasteiger partial charge on any atom is -0.465 e. The van der Waals surface area contributed by atoms with E-state index in [4.69, 9.17) is 9.94 Å². The summed E-state index contributed by atoms with van der Waals surface area (Å²) in [5.74, 6) is -0.271. The molecule has 1 fully saturated rings. The lowest BCUT2D eigenvalue weighted by molar-refractivity contribution is -0.151. The minimum absolute atomic E-state index is 0.271. The second-order valence-corrected chi connectivity index (χ2v) is 3.81. The normalized spacial score (nSPS) is 30.3. The molecule has 80 valence electrons. The summed E-state index contributed by atoms with van der Waals surface area (Å²) in [6, 6.07) is 0. The van der Waals surface area contributed by atoms with Gasteiger partial charge in [-0.2, -0.15) is 0 Å². The van der Waals surface area contributed by atoms with E-state index in [0.29, 0.717) is 25.2 Å². The van der Waals surface area contributed by atoms with E-state index in [1.807, 2.05) is 0 Å². The van der Waals surface area contributed by atoms with Crippen LogP contribution < -0.4 is 0 Å². The van der Waals surface area contributed by atoms with Crippen molar-refractivity contribution in [3.05, 3.63) is 0 Å². The second-order valence-electron chi connectivity index (χ2n) is 3.81. The maximum atomic E-state index is 11.7. The van der Waals surface area contributed by atoms with Crippen molar-refractivity contribution in [1.82, 2.24) is 0 Å². The molecule has 1 atom stereocenters. The number of carbonyl (C=O) groups excluding carboxylic acids is 1. The fraction of sp³-hybridized carbons (Fsp3) is 0.800. The predicted molar refractivity (Wildman–Crippen MR) is 52.4 cm³/mol. The molecule has 4 nitrogen and oxygen atoms in total. The Kier molecular flexibility index (Phi) is 3.49. The van der Waals surface area contributed by atoms with Crippen LogP contribution in [0.3, 0.4) is 0 Å². The quantitative estimate of drug-likeness (QED) is 0.420. The zero-order chi connectivity index (χ0) is 10.6. The molecule has 1 aliphatic rings. The summed E-state index contributed by atoms with van der Waals surface area (Å²) >= 11 is 0. The highest BCUT2D eigenvalue weighted by Gasteiger charge is 2.42. The largest absolute Gasteiger partial charge is 0.465 e. The highest BCUT2D eigenvalue weighted by molar-refractivity contribution is 6.06. The Labute approximate surface area is 83.9 Å². The van der Waals surface area contributed by atoms with Crippen LogP contribution in [0.5, 0.6) is 0 Å². The van der Waals surface area contributed by atoms with E-state index in [1.54, 1.807) is 13.8 Å². The first kappa shape index (κ1) is 11.0. The lowest BCUT2D eigenvalue weighted by atomic mass is 9.74. The predicted octanol–water partition coefficient (Wildman–Crippen LogP) is 1.96. The molecule has 0 radical (unpaired) electrons. The standard InChI is InChI=1S/C10H17NO3/c1-3-14-9(12)10(2)7-5-4-6-8(10)11-13/h13H,3-7H2,1-2H3/b11-8+/t10-/m0/s1. The molecule has 1 aliphatic carbocycles. The summed E-state index contributed by atoms with van der Waals surface area (Å²) in [5.41, 5.74) is -0.148. The molecule has 0 saturated heterocycles. The highest BCUT2D eigenvalue weighted by atomic mass is 16.5. The van der Waals surface area contributed by atoms with Crippen LogP contribution in [0.1, 0.15) is 39.5 Å². The molecule has 0 aromatic heterocycles. The van der Waals surface area contributed by atoms with E-state index in [9.17, 15) is 4.79 Å². The van der Waals surface area contributed by atoms with Crippen LogP contribution in [0.15, 0.2) is 5.16 Å². The maximum absolute atomic E-state index is 11.7. The monoisotopic (exact) mass is 199 g/mol. The molecule has 14 heavy (non-hydrogen) atoms. The summed E-state index contributed by atoms with van der Waals surface area (Å²) in [4.78, 5) is 11.7. The molecular formula is C10H17NO3. The van der Waals surface area contributed by atoms with Gasteiger partial charge in [0.05, 0.1) is 12.3 Å². The van der Waals surface area contributed by atoms with Crippen molar-refractivity contribution in [3.63, 3.8) is 0 Å². The van der Waals surface area contributed by atoms with Gasteiger partial charge < -0.3 is 9.94 Å². The van der Waals surface area contributed by atoms with Crippen molar-refractivity contribution in [2.75, 3.05) is 6.61 Å². The Morgan fingerprint density at radius 3 is 2.93 bits per heavy atom. The summed E-state index contributed by atoms with van der Waals surface area (Å²) in [5, 5.41) is 12.0. The van der Waals surface area contributed by atoms with Crippen molar-refractivity contribution in [2.24, 2.45) is 10.6 Å². The summed E-state index contributed by atoms with van der Waals surface area (Å²) in [7, 11) is 0. The third kappa shape index (κ3) is 1.89. The number of esters is 1. The molecule has 1 N–H and O–H groups in total. The van der Waals surface area contributed by atoms with Gasteiger partial charge in [0.1, 0.15) is 5.41 Å². The van der Waals surface area contributed by atoms with E-state index in [-0.39, 0.29) is 5.97 Å². The number of rotatable bonds is 2. The fourth-order valence-corrected chi connectivity index (χ4v) is 1.86. The van der Waals surface area contributed by atoms with Gasteiger partial charge in [0.2, 0.25) is 0 Å². The summed E-state index contributed by atoms with van der Waals surface area (Å²) in [6.45, 7) is 3.94. The van der Waals surface area contributed by atoms with Crippen LogP contribution in [-0.2, 0) is 9.53 Å². The van der Waals surface area contributed by atoms with Crippen molar-refractivity contribution >= 4 is 11.7 Å². The second kappa shape index (κ2) is 4.44. The van der Waals surface area contributed by atoms with E-state index in [2.05, 4.69) is 5.16 Å². The Bertz CT molecular complexity index is 250. The summed E-state index contributed by atoms with van der Waals surface area (Å²) < 4.78 is 4.99. The SMILES string of the molecule is CCOC(=O)[C@@]1(C)CCCC/C1=N\O. The zero-order valence-electron chi connectivity index (χ0n) is 8.75. The maximum Gasteiger partial charge on any atom is 0.317 e. The lowest BCUT2D eigenvalue weighted by Gasteiger charge is -2.31. The molecule has 0 spiro atoms. The molecule has 0 heterocycles. The zero-order valence-corrected chi connectivity index (χ0v) is 8.75. The number of carbonyl (C=O) groups is 1. The number of hydrogen-bond acceptors (Lipinski definition) is 4. The van der Waals surface area contributed by atoms with Gasteiger partial charge in [-0.15, -0.1) is 0 Å². The molecule has 1 rings (SSSR count). The number of ether oxygens (including phenoxy) is 1. The van der Waals surface area contributed by atoms with Gasteiger partial charge in [-0.1, -0.05) is 11.6 Å². The lowest BCUT2D eigenvalue weighted by Crippen LogP contribution is -2.40. The van der Waals surface area contributed by atoms with Crippen molar-refractivity contribution in [1.29, 1.82) is 0 Å². The topological polar surface area (TPSA) is 58.9 Å². The Morgan fingerprint density at radius 2 is 2.36 bits per heavy atom. The first-order valence-electron chi connectivity index (χ1n) is 5.03. The molecule has 0 bridgehead atoms. The van der Waals surface area contributed by atoms with Gasteiger partial charge in [0, 0.05) is 0 Å². The molecule has 0 aromatic rings. The first-order valence-corrected chi connectivity index (χ1v) is 5.03. The molecule has 0 unspecified atom stereocenters. The van der Waals surface area contributed by atoms with Crippen LogP contribution in [-0.4, -0.2) is 23.5 Å². The number of hydrogen-bond donors (Lipinski definition) is 1. The average Bonchev–Trinajstić information content (AvgIpc) is 2.19. The van der Waals surface area contributed by atoms with Crippen molar-refractivity contribution in [3.8, 4) is 0 Å². The molecule has 0 amide bonds. The van der Waals surface area contributed by atoms with Crippen LogP contribution in [0.2, 0.25) is 0 Å². The highest BCUT2D eigenvalue weighted by Crippen LogP contribution is 2.34. The van der Waals surface area contributed by atoms with Gasteiger partial charge in [-0.25, -0.2) is 0 Å². The first-order chi connectivity index (χ1) is 6.65. The average molecular weight is 199 g/mol. The Hall–Kier alpha value is -1.06. The molecule has 4 heteroatoms. The van der Waals surface area contributed by atoms with Gasteiger partial charge in [0.15, 0.2) is 0 Å². The van der Waals surface area contributed by atoms with Gasteiger partial charge in [-0.05, 0) is 33.1 Å². The van der Waals surface area contributed by atoms with E-state index < -0.39 is 5.41 Å². The molecule has 0 aromatic carbocycles. The van der Waals surface area contributed by atoms with Gasteiger partial charge in [0.25, 0.3) is 0 Å². The third-order valence-electron chi connectivity index (χ3n) is 2.82. The Balaban J connectivity index is 2.82. The van der Waals surface area contributed by atoms with E-state index >= 15 is 0 Å². The summed E-state index contributed by atoms with van der Waals surface area (Å²) in [6.07, 6.45) is 3.36.